The van der Waals surface area contributed by atoms with Crippen LogP contribution in [0.5, 0.6) is 0 Å². The van der Waals surface area contributed by atoms with Crippen molar-refractivity contribution in [3.63, 3.8) is 0 Å². The lowest BCUT2D eigenvalue weighted by molar-refractivity contribution is 0.979. The third-order valence-corrected chi connectivity index (χ3v) is 11.5. The molecule has 2 aliphatic rings. The standard InChI is InChI=1S/C52H38N8/c1-3-16-49-47(14-1)57(35-59(49)51-43(37-18-26-53-27-19-37)10-6-11-44(51)38-20-28-54-29-21-38)41-8-5-9-42(34-41)58-36-60(50-17-4-2-15-48(50)58)52-45(39-22-30-55-31-23-39)12-7-13-46(52)40-24-32-56-33-25-40/h1-34H,35-36H2. The van der Waals surface area contributed by atoms with Crippen LogP contribution in [-0.2, 0) is 0 Å². The second kappa shape index (κ2) is 15.0. The number of pyridine rings is 4. The maximum Gasteiger partial charge on any atom is 0.100 e. The maximum atomic E-state index is 4.34. The summed E-state index contributed by atoms with van der Waals surface area (Å²) in [5.74, 6) is 0. The van der Waals surface area contributed by atoms with Crippen LogP contribution in [0.2, 0.25) is 0 Å². The minimum atomic E-state index is 0.625. The molecule has 0 saturated carbocycles. The molecule has 4 aromatic heterocycles. The fourth-order valence-electron chi connectivity index (χ4n) is 8.81. The third kappa shape index (κ3) is 6.10. The summed E-state index contributed by atoms with van der Waals surface area (Å²) in [6.45, 7) is 1.25. The van der Waals surface area contributed by atoms with E-state index in [-0.39, 0.29) is 0 Å². The first kappa shape index (κ1) is 35.1. The van der Waals surface area contributed by atoms with E-state index in [1.54, 1.807) is 0 Å². The van der Waals surface area contributed by atoms with E-state index in [1.165, 1.54) is 0 Å². The molecule has 8 heteroatoms. The summed E-state index contributed by atoms with van der Waals surface area (Å²) in [7, 11) is 0. The molecule has 0 atom stereocenters. The molecule has 0 spiro atoms. The maximum absolute atomic E-state index is 4.34. The third-order valence-electron chi connectivity index (χ3n) is 11.5. The Morgan fingerprint density at radius 3 is 0.883 bits per heavy atom. The topological polar surface area (TPSA) is 64.5 Å². The van der Waals surface area contributed by atoms with Crippen LogP contribution in [0.25, 0.3) is 44.5 Å². The minimum Gasteiger partial charge on any atom is -0.321 e. The van der Waals surface area contributed by atoms with Gasteiger partial charge in [-0.1, -0.05) is 66.7 Å². The molecule has 8 nitrogen and oxygen atoms in total. The molecule has 0 amide bonds. The Kier molecular flexibility index (Phi) is 8.78. The molecule has 0 bridgehead atoms. The van der Waals surface area contributed by atoms with Crippen LogP contribution in [0.3, 0.4) is 0 Å². The highest BCUT2D eigenvalue weighted by molar-refractivity contribution is 6.00. The summed E-state index contributed by atoms with van der Waals surface area (Å²) in [5.41, 5.74) is 18.1. The Bertz CT molecular complexity index is 2650. The smallest absolute Gasteiger partial charge is 0.100 e. The number of aromatic nitrogens is 4. The van der Waals surface area contributed by atoms with Crippen LogP contribution >= 0.6 is 0 Å². The first-order chi connectivity index (χ1) is 29.8. The van der Waals surface area contributed by atoms with E-state index >= 15 is 0 Å². The van der Waals surface area contributed by atoms with Gasteiger partial charge in [-0.2, -0.15) is 0 Å². The Hall–Kier alpha value is -8.10. The quantitative estimate of drug-likeness (QED) is 0.151. The van der Waals surface area contributed by atoms with Gasteiger partial charge in [0, 0.05) is 83.2 Å². The van der Waals surface area contributed by atoms with Gasteiger partial charge in [0.2, 0.25) is 0 Å². The Labute approximate surface area is 349 Å². The van der Waals surface area contributed by atoms with Gasteiger partial charge in [-0.15, -0.1) is 0 Å². The van der Waals surface area contributed by atoms with Crippen molar-refractivity contribution in [1.82, 2.24) is 19.9 Å². The van der Waals surface area contributed by atoms with E-state index in [4.69, 9.17) is 0 Å². The van der Waals surface area contributed by atoms with Gasteiger partial charge >= 0.3 is 0 Å². The highest BCUT2D eigenvalue weighted by atomic mass is 15.4. The molecule has 0 radical (unpaired) electrons. The van der Waals surface area contributed by atoms with Crippen molar-refractivity contribution in [2.75, 3.05) is 32.9 Å². The lowest BCUT2D eigenvalue weighted by atomic mass is 9.96. The summed E-state index contributed by atoms with van der Waals surface area (Å²) in [5, 5.41) is 0. The Morgan fingerprint density at radius 2 is 0.567 bits per heavy atom. The van der Waals surface area contributed by atoms with E-state index in [0.29, 0.717) is 13.3 Å². The van der Waals surface area contributed by atoms with Gasteiger partial charge in [-0.05, 0) is 113 Å². The van der Waals surface area contributed by atoms with Crippen LogP contribution in [-0.4, -0.2) is 33.3 Å². The number of hydrogen-bond acceptors (Lipinski definition) is 8. The fraction of sp³-hybridized carbons (Fsp3) is 0.0385. The lowest BCUT2D eigenvalue weighted by Gasteiger charge is -2.28. The van der Waals surface area contributed by atoms with Gasteiger partial charge in [0.15, 0.2) is 0 Å². The van der Waals surface area contributed by atoms with Crippen molar-refractivity contribution >= 4 is 45.5 Å². The van der Waals surface area contributed by atoms with Crippen molar-refractivity contribution in [2.24, 2.45) is 0 Å². The average molecular weight is 775 g/mol. The number of para-hydroxylation sites is 6. The second-order valence-corrected chi connectivity index (χ2v) is 14.8. The van der Waals surface area contributed by atoms with Gasteiger partial charge in [0.05, 0.1) is 34.1 Å². The van der Waals surface area contributed by atoms with Gasteiger partial charge in [-0.3, -0.25) is 19.9 Å². The summed E-state index contributed by atoms with van der Waals surface area (Å²) < 4.78 is 0. The van der Waals surface area contributed by atoms with Crippen molar-refractivity contribution in [3.8, 4) is 44.5 Å². The highest BCUT2D eigenvalue weighted by Gasteiger charge is 2.34. The monoisotopic (exact) mass is 774 g/mol. The Balaban J connectivity index is 1.01. The normalized spacial score (nSPS) is 13.1. The fourth-order valence-corrected chi connectivity index (χ4v) is 8.81. The molecule has 0 fully saturated rings. The van der Waals surface area contributed by atoms with E-state index < -0.39 is 0 Å². The van der Waals surface area contributed by atoms with Gasteiger partial charge in [-0.25, -0.2) is 0 Å². The Morgan fingerprint density at radius 1 is 0.283 bits per heavy atom. The van der Waals surface area contributed by atoms with Gasteiger partial charge in [0.1, 0.15) is 13.3 Å². The predicted octanol–water partition coefficient (Wildman–Crippen LogP) is 12.4. The molecule has 0 saturated heterocycles. The van der Waals surface area contributed by atoms with Crippen LogP contribution < -0.4 is 19.6 Å². The molecule has 286 valence electrons. The van der Waals surface area contributed by atoms with Crippen molar-refractivity contribution < 1.29 is 0 Å². The predicted molar refractivity (Wildman–Crippen MR) is 243 cm³/mol. The molecule has 11 rings (SSSR count). The molecule has 5 aromatic carbocycles. The number of fused-ring (bicyclic) bond motifs is 2. The first-order valence-electron chi connectivity index (χ1n) is 20.1. The van der Waals surface area contributed by atoms with E-state index in [0.717, 1.165) is 90.0 Å². The molecule has 0 N–H and O–H groups in total. The van der Waals surface area contributed by atoms with Crippen LogP contribution in [0, 0.1) is 0 Å². The SMILES string of the molecule is c1cc(N2CN(c3c(-c4ccncc4)cccc3-c3ccncc3)c3ccccc32)cc(N2CN(c3c(-c4ccncc4)cccc3-c3ccncc3)c3ccccc32)c1. The summed E-state index contributed by atoms with van der Waals surface area (Å²) in [4.78, 5) is 27.1. The minimum absolute atomic E-state index is 0.625. The van der Waals surface area contributed by atoms with E-state index in [9.17, 15) is 0 Å². The van der Waals surface area contributed by atoms with Crippen molar-refractivity contribution in [2.45, 2.75) is 0 Å². The van der Waals surface area contributed by atoms with E-state index in [1.807, 2.05) is 49.6 Å². The number of nitrogens with zero attached hydrogens (tertiary/aromatic N) is 8. The molecular formula is C52H38N8. The molecule has 6 heterocycles. The summed E-state index contributed by atoms with van der Waals surface area (Å²) in [6.07, 6.45) is 14.9. The zero-order valence-electron chi connectivity index (χ0n) is 32.6. The lowest BCUT2D eigenvalue weighted by Crippen LogP contribution is -2.26. The van der Waals surface area contributed by atoms with Gasteiger partial charge < -0.3 is 19.6 Å². The number of hydrogen-bond donors (Lipinski definition) is 0. The van der Waals surface area contributed by atoms with Crippen LogP contribution in [0.4, 0.5) is 45.5 Å². The average Bonchev–Trinajstić information content (AvgIpc) is 3.92. The summed E-state index contributed by atoms with van der Waals surface area (Å²) >= 11 is 0. The zero-order chi connectivity index (χ0) is 39.8. The van der Waals surface area contributed by atoms with Crippen LogP contribution in [0.15, 0.2) is 207 Å². The number of rotatable bonds is 8. The molecule has 2 aliphatic heterocycles. The molecule has 9 aromatic rings. The van der Waals surface area contributed by atoms with Crippen molar-refractivity contribution in [3.05, 3.63) is 207 Å². The van der Waals surface area contributed by atoms with Crippen molar-refractivity contribution in [1.29, 1.82) is 0 Å². The molecule has 0 unspecified atom stereocenters. The zero-order valence-corrected chi connectivity index (χ0v) is 32.6. The molecular weight excluding hydrogens is 737 g/mol. The second-order valence-electron chi connectivity index (χ2n) is 14.8. The molecule has 0 aliphatic carbocycles. The van der Waals surface area contributed by atoms with Gasteiger partial charge in [0.25, 0.3) is 0 Å². The summed E-state index contributed by atoms with van der Waals surface area (Å²) in [6, 6.07) is 56.3. The van der Waals surface area contributed by atoms with E-state index in [2.05, 4.69) is 197 Å². The first-order valence-corrected chi connectivity index (χ1v) is 20.1. The highest BCUT2D eigenvalue weighted by Crippen LogP contribution is 2.52. The number of anilines is 8. The van der Waals surface area contributed by atoms with Crippen LogP contribution in [0.1, 0.15) is 0 Å². The largest absolute Gasteiger partial charge is 0.321 e. The molecule has 60 heavy (non-hydrogen) atoms. The number of benzene rings is 5.